The molecule has 1 atom stereocenters. The van der Waals surface area contributed by atoms with Crippen LogP contribution in [0, 0.1) is 0 Å². The van der Waals surface area contributed by atoms with Crippen LogP contribution in [0.4, 0.5) is 5.69 Å². The predicted octanol–water partition coefficient (Wildman–Crippen LogP) is 3.27. The first-order valence-electron chi connectivity index (χ1n) is 6.76. The molecule has 0 radical (unpaired) electrons. The molecule has 2 rings (SSSR count). The highest BCUT2D eigenvalue weighted by molar-refractivity contribution is 6.30. The molecule has 112 valence electrons. The Labute approximate surface area is 128 Å². The minimum absolute atomic E-state index is 0.369. The van der Waals surface area contributed by atoms with Crippen molar-refractivity contribution >= 4 is 23.3 Å². The second-order valence-corrected chi connectivity index (χ2v) is 5.08. The van der Waals surface area contributed by atoms with Gasteiger partial charge in [0.1, 0.15) is 0 Å². The monoisotopic (exact) mass is 307 g/mol. The van der Waals surface area contributed by atoms with E-state index in [0.29, 0.717) is 5.02 Å². The van der Waals surface area contributed by atoms with E-state index in [0.717, 1.165) is 24.2 Å². The standard InChI is InChI=1S/C15H18ClN3O2/c1-3-7-19-10-11(9-17-19)14(15(20)21-2)18-13-6-4-5-12(16)8-13/h4-6,8-10,14,18H,3,7H2,1-2H3. The first kappa shape index (κ1) is 15.4. The summed E-state index contributed by atoms with van der Waals surface area (Å²) < 4.78 is 6.68. The molecule has 1 heterocycles. The van der Waals surface area contributed by atoms with E-state index in [1.54, 1.807) is 18.3 Å². The lowest BCUT2D eigenvalue weighted by atomic mass is 10.1. The lowest BCUT2D eigenvalue weighted by molar-refractivity contribution is -0.141. The molecule has 21 heavy (non-hydrogen) atoms. The third-order valence-corrected chi connectivity index (χ3v) is 3.25. The van der Waals surface area contributed by atoms with E-state index in [1.165, 1.54) is 7.11 Å². The molecule has 2 aromatic rings. The van der Waals surface area contributed by atoms with E-state index in [-0.39, 0.29) is 5.97 Å². The number of anilines is 1. The van der Waals surface area contributed by atoms with Gasteiger partial charge in [-0.25, -0.2) is 4.79 Å². The van der Waals surface area contributed by atoms with Gasteiger partial charge in [-0.05, 0) is 24.6 Å². The van der Waals surface area contributed by atoms with Gasteiger partial charge in [-0.1, -0.05) is 24.6 Å². The average molecular weight is 308 g/mol. The molecule has 6 heteroatoms. The summed E-state index contributed by atoms with van der Waals surface area (Å²) in [6.45, 7) is 2.88. The third kappa shape index (κ3) is 3.98. The van der Waals surface area contributed by atoms with Gasteiger partial charge in [0.05, 0.1) is 13.3 Å². The molecule has 1 aromatic carbocycles. The Kier molecular flexibility index (Phi) is 5.22. The molecule has 0 spiro atoms. The number of rotatable bonds is 6. The van der Waals surface area contributed by atoms with E-state index in [2.05, 4.69) is 17.3 Å². The maximum Gasteiger partial charge on any atom is 0.333 e. The van der Waals surface area contributed by atoms with Crippen molar-refractivity contribution in [2.24, 2.45) is 0 Å². The number of aromatic nitrogens is 2. The molecule has 0 fully saturated rings. The molecule has 0 aliphatic heterocycles. The Morgan fingerprint density at radius 3 is 3.00 bits per heavy atom. The quantitative estimate of drug-likeness (QED) is 0.832. The molecule has 0 saturated heterocycles. The molecule has 0 saturated carbocycles. The van der Waals surface area contributed by atoms with E-state index in [1.807, 2.05) is 23.0 Å². The largest absolute Gasteiger partial charge is 0.467 e. The Hall–Kier alpha value is -2.01. The Morgan fingerprint density at radius 1 is 1.52 bits per heavy atom. The van der Waals surface area contributed by atoms with Crippen LogP contribution in [0.15, 0.2) is 36.7 Å². The summed E-state index contributed by atoms with van der Waals surface area (Å²) in [7, 11) is 1.37. The summed E-state index contributed by atoms with van der Waals surface area (Å²) >= 11 is 5.96. The molecule has 1 unspecified atom stereocenters. The maximum atomic E-state index is 12.0. The van der Waals surface area contributed by atoms with Crippen LogP contribution in [0.5, 0.6) is 0 Å². The van der Waals surface area contributed by atoms with E-state index < -0.39 is 6.04 Å². The van der Waals surface area contributed by atoms with Crippen LogP contribution in [0.2, 0.25) is 5.02 Å². The fraction of sp³-hybridized carbons (Fsp3) is 0.333. The van der Waals surface area contributed by atoms with Crippen LogP contribution < -0.4 is 5.32 Å². The van der Waals surface area contributed by atoms with E-state index in [9.17, 15) is 4.79 Å². The van der Waals surface area contributed by atoms with Crippen LogP contribution in [-0.2, 0) is 16.1 Å². The van der Waals surface area contributed by atoms with Gasteiger partial charge in [0.2, 0.25) is 0 Å². The van der Waals surface area contributed by atoms with Gasteiger partial charge in [0, 0.05) is 29.0 Å². The van der Waals surface area contributed by atoms with Gasteiger partial charge < -0.3 is 10.1 Å². The predicted molar refractivity (Wildman–Crippen MR) is 82.3 cm³/mol. The molecular formula is C15H18ClN3O2. The number of methoxy groups -OCH3 is 1. The molecule has 5 nitrogen and oxygen atoms in total. The van der Waals surface area contributed by atoms with Gasteiger partial charge >= 0.3 is 5.97 Å². The smallest absolute Gasteiger partial charge is 0.333 e. The molecule has 1 N–H and O–H groups in total. The van der Waals surface area contributed by atoms with Crippen LogP contribution in [0.25, 0.3) is 0 Å². The molecule has 0 amide bonds. The van der Waals surface area contributed by atoms with Crippen molar-refractivity contribution in [3.05, 3.63) is 47.2 Å². The molecule has 0 bridgehead atoms. The van der Waals surface area contributed by atoms with Crippen molar-refractivity contribution in [3.63, 3.8) is 0 Å². The minimum Gasteiger partial charge on any atom is -0.467 e. The molecule has 1 aromatic heterocycles. The number of ether oxygens (including phenoxy) is 1. The average Bonchev–Trinajstić information content (AvgIpc) is 2.93. The summed E-state index contributed by atoms with van der Waals surface area (Å²) in [6, 6.07) is 6.59. The summed E-state index contributed by atoms with van der Waals surface area (Å²) in [4.78, 5) is 12.0. The molecule has 0 aliphatic rings. The van der Waals surface area contributed by atoms with Crippen LogP contribution in [-0.4, -0.2) is 22.9 Å². The van der Waals surface area contributed by atoms with E-state index >= 15 is 0 Å². The fourth-order valence-corrected chi connectivity index (χ4v) is 2.21. The number of hydrogen-bond donors (Lipinski definition) is 1. The number of aryl methyl sites for hydroxylation is 1. The number of nitrogens with one attached hydrogen (secondary N) is 1. The minimum atomic E-state index is -0.612. The zero-order valence-corrected chi connectivity index (χ0v) is 12.8. The van der Waals surface area contributed by atoms with Crippen LogP contribution in [0.1, 0.15) is 24.9 Å². The summed E-state index contributed by atoms with van der Waals surface area (Å²) in [5.41, 5.74) is 1.51. The zero-order valence-electron chi connectivity index (χ0n) is 12.0. The summed E-state index contributed by atoms with van der Waals surface area (Å²) in [5.74, 6) is -0.369. The van der Waals surface area contributed by atoms with Gasteiger partial charge in [-0.15, -0.1) is 0 Å². The van der Waals surface area contributed by atoms with Crippen molar-refractivity contribution < 1.29 is 9.53 Å². The van der Waals surface area contributed by atoms with Gasteiger partial charge in [0.15, 0.2) is 6.04 Å². The summed E-state index contributed by atoms with van der Waals surface area (Å²) in [6.07, 6.45) is 4.50. The second kappa shape index (κ2) is 7.13. The number of carbonyl (C=O) groups is 1. The normalized spacial score (nSPS) is 12.0. The Balaban J connectivity index is 2.23. The maximum absolute atomic E-state index is 12.0. The number of esters is 1. The Bertz CT molecular complexity index is 612. The second-order valence-electron chi connectivity index (χ2n) is 4.65. The topological polar surface area (TPSA) is 56.2 Å². The van der Waals surface area contributed by atoms with Gasteiger partial charge in [-0.3, -0.25) is 4.68 Å². The highest BCUT2D eigenvalue weighted by Gasteiger charge is 2.23. The van der Waals surface area contributed by atoms with Crippen molar-refractivity contribution in [2.45, 2.75) is 25.9 Å². The SMILES string of the molecule is CCCn1cc(C(Nc2cccc(Cl)c2)C(=O)OC)cn1. The highest BCUT2D eigenvalue weighted by atomic mass is 35.5. The fourth-order valence-electron chi connectivity index (χ4n) is 2.02. The number of halogens is 1. The van der Waals surface area contributed by atoms with Gasteiger partial charge in [0.25, 0.3) is 0 Å². The molecular weight excluding hydrogens is 290 g/mol. The summed E-state index contributed by atoms with van der Waals surface area (Å²) in [5, 5.41) is 7.98. The molecule has 0 aliphatic carbocycles. The van der Waals surface area contributed by atoms with Gasteiger partial charge in [-0.2, -0.15) is 5.10 Å². The number of nitrogens with zero attached hydrogens (tertiary/aromatic N) is 2. The first-order chi connectivity index (χ1) is 10.1. The Morgan fingerprint density at radius 2 is 2.33 bits per heavy atom. The number of benzene rings is 1. The lowest BCUT2D eigenvalue weighted by Crippen LogP contribution is -2.22. The van der Waals surface area contributed by atoms with Crippen molar-refractivity contribution in [3.8, 4) is 0 Å². The number of hydrogen-bond acceptors (Lipinski definition) is 4. The van der Waals surface area contributed by atoms with Crippen molar-refractivity contribution in [1.29, 1.82) is 0 Å². The van der Waals surface area contributed by atoms with E-state index in [4.69, 9.17) is 16.3 Å². The third-order valence-electron chi connectivity index (χ3n) is 3.01. The first-order valence-corrected chi connectivity index (χ1v) is 7.14. The zero-order chi connectivity index (χ0) is 15.2. The van der Waals surface area contributed by atoms with Crippen LogP contribution in [0.3, 0.4) is 0 Å². The van der Waals surface area contributed by atoms with Crippen molar-refractivity contribution in [2.75, 3.05) is 12.4 Å². The van der Waals surface area contributed by atoms with Crippen molar-refractivity contribution in [1.82, 2.24) is 9.78 Å². The highest BCUT2D eigenvalue weighted by Crippen LogP contribution is 2.23. The number of carbonyl (C=O) groups excluding carboxylic acids is 1. The van der Waals surface area contributed by atoms with Crippen LogP contribution >= 0.6 is 11.6 Å². The lowest BCUT2D eigenvalue weighted by Gasteiger charge is -2.16.